The monoisotopic (exact) mass is 1090 g/mol. The number of rotatable bonds is 19. The number of Topliss-reactive ketones (excluding diaryl/α,β-unsaturated/α-hetero) is 1. The number of carbonyl (C=O) groups is 8. The molecule has 19 nitrogen and oxygen atoms in total. The van der Waals surface area contributed by atoms with Crippen molar-refractivity contribution < 1.29 is 77.0 Å². The number of hydrogen-bond donors (Lipinski definition) is 4. The predicted molar refractivity (Wildman–Crippen MR) is 279 cm³/mol. The SMILES string of the molecule is CC(=O)O[C@H]1C(=O)[C@@]2(C)[C@H]([C@H](OC(=O)c3ccccc3)[C@]3(O)C[C@H](OC(=O)C(OC(=O)CCCC(=O)NCCCN(C)C)C(NC(=O)c4ccccc4)c4ccccc4)C(C)=C1C3(C)C)[C@]1(OC(C)=O)CO[C@@H]1C[C@@H]2O.Cl. The van der Waals surface area contributed by atoms with Gasteiger partial charge in [0.2, 0.25) is 12.0 Å². The number of hydrogen-bond acceptors (Lipinski definition) is 17. The fourth-order valence-corrected chi connectivity index (χ4v) is 11.6. The molecule has 4 aliphatic rings. The highest BCUT2D eigenvalue weighted by Gasteiger charge is 2.78. The zero-order valence-corrected chi connectivity index (χ0v) is 45.4. The van der Waals surface area contributed by atoms with Gasteiger partial charge in [-0.15, -0.1) is 12.4 Å². The fourth-order valence-electron chi connectivity index (χ4n) is 11.6. The lowest BCUT2D eigenvalue weighted by Gasteiger charge is -2.67. The second-order valence-electron chi connectivity index (χ2n) is 21.2. The van der Waals surface area contributed by atoms with Crippen LogP contribution in [0, 0.1) is 16.7 Å². The lowest BCUT2D eigenvalue weighted by molar-refractivity contribution is -0.346. The van der Waals surface area contributed by atoms with Gasteiger partial charge in [0.05, 0.1) is 29.6 Å². The van der Waals surface area contributed by atoms with Crippen molar-refractivity contribution in [1.82, 2.24) is 15.5 Å². The van der Waals surface area contributed by atoms with Crippen LogP contribution in [0.25, 0.3) is 0 Å². The topological polar surface area (TPSA) is 260 Å². The van der Waals surface area contributed by atoms with Crippen molar-refractivity contribution >= 4 is 59.9 Å². The Morgan fingerprint density at radius 1 is 0.818 bits per heavy atom. The van der Waals surface area contributed by atoms with E-state index in [1.165, 1.54) is 26.0 Å². The van der Waals surface area contributed by atoms with Crippen molar-refractivity contribution in [3.05, 3.63) is 119 Å². The minimum absolute atomic E-state index is 0. The molecule has 2 saturated carbocycles. The molecule has 1 heterocycles. The average molecular weight is 1090 g/mol. The first-order valence-electron chi connectivity index (χ1n) is 25.6. The maximum Gasteiger partial charge on any atom is 0.350 e. The first-order chi connectivity index (χ1) is 36.0. The molecule has 20 heteroatoms. The molecule has 416 valence electrons. The van der Waals surface area contributed by atoms with Crippen LogP contribution in [0.4, 0.5) is 0 Å². The average Bonchev–Trinajstić information content (AvgIpc) is 3.48. The molecule has 3 aliphatic carbocycles. The standard InChI is InChI=1S/C57H69N3O16.ClH/c1-33-39(73-53(69)47(74-43(65)27-18-26-42(64)58-28-19-29-60(7)8)45(36-20-12-9-13-21-36)59-51(67)37-22-14-10-15-23-37)31-57(70)50(75-52(68)38-24-16-11-17-25-38)48-55(6,40(63)30-41-56(48,32-71-41)76-35(3)62)49(66)46(72-34(2)61)44(33)54(57,4)5;/h9-17,20-25,39-41,45-48,50,63,70H,18-19,26-32H2,1-8H3,(H,58,64)(H,59,67);1H/t39-,40-,41+,45?,46+,47?,48-,50-,55+,56-,57+;/m0./s1. The van der Waals surface area contributed by atoms with E-state index < -0.39 is 119 Å². The van der Waals surface area contributed by atoms with Gasteiger partial charge in [0.25, 0.3) is 5.91 Å². The normalized spacial score (nSPS) is 27.7. The summed E-state index contributed by atoms with van der Waals surface area (Å²) in [6.07, 6.45) is -10.5. The molecule has 1 saturated heterocycles. The molecular formula is C57H70ClN3O16. The molecule has 0 spiro atoms. The van der Waals surface area contributed by atoms with E-state index in [-0.39, 0.29) is 72.9 Å². The number of carbonyl (C=O) groups excluding carboxylic acids is 8. The lowest BCUT2D eigenvalue weighted by Crippen LogP contribution is -2.82. The first-order valence-corrected chi connectivity index (χ1v) is 25.6. The summed E-state index contributed by atoms with van der Waals surface area (Å²) >= 11 is 0. The molecule has 0 radical (unpaired) electrons. The minimum atomic E-state index is -2.48. The van der Waals surface area contributed by atoms with Crippen LogP contribution in [-0.2, 0) is 57.2 Å². The summed E-state index contributed by atoms with van der Waals surface area (Å²) in [4.78, 5) is 115. The second kappa shape index (κ2) is 24.4. The van der Waals surface area contributed by atoms with E-state index in [2.05, 4.69) is 10.6 Å². The summed E-state index contributed by atoms with van der Waals surface area (Å²) in [5, 5.41) is 31.9. The van der Waals surface area contributed by atoms with Crippen molar-refractivity contribution in [2.24, 2.45) is 16.7 Å². The summed E-state index contributed by atoms with van der Waals surface area (Å²) in [5.74, 6) is -8.30. The first kappa shape index (κ1) is 59.7. The van der Waals surface area contributed by atoms with Crippen LogP contribution < -0.4 is 10.6 Å². The van der Waals surface area contributed by atoms with Crippen molar-refractivity contribution in [3.63, 3.8) is 0 Å². The Balaban J connectivity index is 0.00000961. The number of ether oxygens (including phenoxy) is 6. The zero-order chi connectivity index (χ0) is 55.3. The van der Waals surface area contributed by atoms with E-state index in [1.54, 1.807) is 92.7 Å². The molecule has 3 aromatic carbocycles. The third-order valence-electron chi connectivity index (χ3n) is 15.6. The highest BCUT2D eigenvalue weighted by atomic mass is 35.5. The Morgan fingerprint density at radius 2 is 1.43 bits per heavy atom. The maximum absolute atomic E-state index is 15.8. The number of halogens is 1. The van der Waals surface area contributed by atoms with E-state index in [0.29, 0.717) is 18.5 Å². The molecule has 2 unspecified atom stereocenters. The fraction of sp³-hybridized carbons (Fsp3) is 0.509. The number of esters is 5. The number of fused-ring (bicyclic) bond motifs is 5. The van der Waals surface area contributed by atoms with Crippen LogP contribution >= 0.6 is 12.4 Å². The molecule has 4 N–H and O–H groups in total. The van der Waals surface area contributed by atoms with Gasteiger partial charge in [-0.1, -0.05) is 80.6 Å². The van der Waals surface area contributed by atoms with Gasteiger partial charge in [-0.05, 0) is 88.3 Å². The van der Waals surface area contributed by atoms with Crippen LogP contribution in [0.1, 0.15) is 112 Å². The van der Waals surface area contributed by atoms with Crippen LogP contribution in [-0.4, -0.2) is 144 Å². The van der Waals surface area contributed by atoms with Crippen LogP contribution in [0.2, 0.25) is 0 Å². The van der Waals surface area contributed by atoms with Gasteiger partial charge in [-0.2, -0.15) is 0 Å². The number of aliphatic hydroxyl groups excluding tert-OH is 1. The van der Waals surface area contributed by atoms with Crippen molar-refractivity contribution in [3.8, 4) is 0 Å². The molecule has 11 atom stereocenters. The van der Waals surface area contributed by atoms with E-state index in [4.69, 9.17) is 28.4 Å². The van der Waals surface area contributed by atoms with Gasteiger partial charge in [0, 0.05) is 57.1 Å². The molecule has 2 amide bonds. The molecular weight excluding hydrogens is 1020 g/mol. The summed E-state index contributed by atoms with van der Waals surface area (Å²) in [6.45, 7) is 9.04. The van der Waals surface area contributed by atoms with Crippen molar-refractivity contribution in [2.45, 2.75) is 134 Å². The van der Waals surface area contributed by atoms with Gasteiger partial charge < -0.3 is 54.2 Å². The van der Waals surface area contributed by atoms with E-state index in [0.717, 1.165) is 20.4 Å². The number of aliphatic hydroxyl groups is 2. The Bertz CT molecular complexity index is 2700. The molecule has 0 aromatic heterocycles. The molecule has 77 heavy (non-hydrogen) atoms. The summed E-state index contributed by atoms with van der Waals surface area (Å²) in [6, 6.07) is 22.7. The van der Waals surface area contributed by atoms with Gasteiger partial charge >= 0.3 is 29.8 Å². The number of benzene rings is 3. The highest BCUT2D eigenvalue weighted by Crippen LogP contribution is 2.64. The smallest absolute Gasteiger partial charge is 0.350 e. The van der Waals surface area contributed by atoms with Crippen LogP contribution in [0.5, 0.6) is 0 Å². The minimum Gasteiger partial charge on any atom is -0.455 e. The van der Waals surface area contributed by atoms with E-state index in [9.17, 15) is 39.0 Å². The molecule has 1 aliphatic heterocycles. The molecule has 7 rings (SSSR count). The van der Waals surface area contributed by atoms with Gasteiger partial charge in [0.1, 0.15) is 30.0 Å². The molecule has 3 aromatic rings. The lowest BCUT2D eigenvalue weighted by atomic mass is 9.44. The third kappa shape index (κ3) is 12.1. The second-order valence-corrected chi connectivity index (χ2v) is 21.2. The quantitative estimate of drug-likeness (QED) is 0.0536. The van der Waals surface area contributed by atoms with Gasteiger partial charge in [0.15, 0.2) is 17.5 Å². The van der Waals surface area contributed by atoms with E-state index in [1.807, 2.05) is 19.0 Å². The van der Waals surface area contributed by atoms with E-state index >= 15 is 9.59 Å². The number of amides is 2. The largest absolute Gasteiger partial charge is 0.455 e. The van der Waals surface area contributed by atoms with Gasteiger partial charge in [-0.3, -0.25) is 28.8 Å². The Kier molecular flexibility index (Phi) is 19.0. The van der Waals surface area contributed by atoms with Crippen molar-refractivity contribution in [1.29, 1.82) is 0 Å². The van der Waals surface area contributed by atoms with Crippen LogP contribution in [0.3, 0.4) is 0 Å². The number of ketones is 1. The summed E-state index contributed by atoms with van der Waals surface area (Å²) in [5.41, 5.74) is -7.53. The van der Waals surface area contributed by atoms with Crippen LogP contribution in [0.15, 0.2) is 102 Å². The maximum atomic E-state index is 15.8. The third-order valence-corrected chi connectivity index (χ3v) is 15.6. The van der Waals surface area contributed by atoms with Gasteiger partial charge in [-0.25, -0.2) is 9.59 Å². The number of nitrogens with one attached hydrogen (secondary N) is 2. The highest BCUT2D eigenvalue weighted by molar-refractivity contribution is 5.96. The molecule has 2 bridgehead atoms. The van der Waals surface area contributed by atoms with Crippen molar-refractivity contribution in [2.75, 3.05) is 33.8 Å². The Labute approximate surface area is 454 Å². The predicted octanol–water partition coefficient (Wildman–Crippen LogP) is 4.95. The summed E-state index contributed by atoms with van der Waals surface area (Å²) < 4.78 is 36.9. The number of nitrogens with zero attached hydrogens (tertiary/aromatic N) is 1. The Hall–Kier alpha value is -6.51. The Morgan fingerprint density at radius 3 is 2.00 bits per heavy atom. The summed E-state index contributed by atoms with van der Waals surface area (Å²) in [7, 11) is 3.84. The zero-order valence-electron chi connectivity index (χ0n) is 44.6. The molecule has 3 fully saturated rings.